The van der Waals surface area contributed by atoms with E-state index in [-0.39, 0.29) is 22.6 Å². The van der Waals surface area contributed by atoms with E-state index in [1.165, 1.54) is 0 Å². The van der Waals surface area contributed by atoms with E-state index in [2.05, 4.69) is 15.3 Å². The number of likely N-dealkylation sites (tertiary alicyclic amines) is 1. The molecule has 0 saturated carbocycles. The number of quaternary nitrogens is 1. The summed E-state index contributed by atoms with van der Waals surface area (Å²) in [5.74, 6) is 0. The van der Waals surface area contributed by atoms with E-state index in [1.54, 1.807) is 30.7 Å². The molecule has 1 aromatic rings. The number of carbonyl (C=O) groups excluding carboxylic acids is 2. The molecular formula is C20H28N5O3+. The molecule has 0 aliphatic carbocycles. The highest BCUT2D eigenvalue weighted by Crippen LogP contribution is 2.24. The Morgan fingerprint density at radius 1 is 1.21 bits per heavy atom. The molecule has 2 aliphatic rings. The molecule has 150 valence electrons. The Labute approximate surface area is 165 Å². The minimum atomic E-state index is -0.505. The summed E-state index contributed by atoms with van der Waals surface area (Å²) in [4.78, 5) is 35.1. The maximum absolute atomic E-state index is 12.8. The maximum atomic E-state index is 12.8. The molecule has 0 radical (unpaired) electrons. The lowest BCUT2D eigenvalue weighted by Crippen LogP contribution is -2.54. The van der Waals surface area contributed by atoms with Crippen LogP contribution in [0.5, 0.6) is 0 Å². The predicted octanol–water partition coefficient (Wildman–Crippen LogP) is 2.98. The van der Waals surface area contributed by atoms with Gasteiger partial charge in [-0.25, -0.2) is 9.59 Å². The number of piperidine rings is 1. The number of aromatic nitrogens is 1. The zero-order valence-corrected chi connectivity index (χ0v) is 16.9. The van der Waals surface area contributed by atoms with Crippen LogP contribution < -0.4 is 5.32 Å². The number of rotatable bonds is 2. The molecule has 28 heavy (non-hydrogen) atoms. The zero-order chi connectivity index (χ0) is 20.4. The summed E-state index contributed by atoms with van der Waals surface area (Å²) < 4.78 is 5.37. The van der Waals surface area contributed by atoms with Gasteiger partial charge in [0.05, 0.1) is 7.05 Å². The molecule has 8 heteroatoms. The third-order valence-electron chi connectivity index (χ3n) is 4.72. The Kier molecular flexibility index (Phi) is 5.51. The molecule has 0 bridgehead atoms. The van der Waals surface area contributed by atoms with Crippen molar-refractivity contribution in [2.24, 2.45) is 4.99 Å². The Bertz CT molecular complexity index is 792. The van der Waals surface area contributed by atoms with E-state index in [4.69, 9.17) is 4.74 Å². The fourth-order valence-corrected chi connectivity index (χ4v) is 3.13. The van der Waals surface area contributed by atoms with Crippen LogP contribution in [0, 0.1) is 0 Å². The number of nitrogens with one attached hydrogen (secondary N) is 1. The first-order chi connectivity index (χ1) is 13.2. The predicted molar refractivity (Wildman–Crippen MR) is 106 cm³/mol. The van der Waals surface area contributed by atoms with Gasteiger partial charge in [-0.3, -0.25) is 4.98 Å². The Balaban J connectivity index is 1.54. The van der Waals surface area contributed by atoms with Crippen molar-refractivity contribution < 1.29 is 18.8 Å². The van der Waals surface area contributed by atoms with Gasteiger partial charge in [-0.2, -0.15) is 9.48 Å². The van der Waals surface area contributed by atoms with Crippen LogP contribution in [-0.2, 0) is 4.74 Å². The van der Waals surface area contributed by atoms with Gasteiger partial charge < -0.3 is 15.0 Å². The highest BCUT2D eigenvalue weighted by Gasteiger charge is 2.36. The number of amides is 3. The molecule has 1 N–H and O–H groups in total. The molecule has 0 aromatic carbocycles. The molecule has 1 fully saturated rings. The molecule has 3 heterocycles. The number of aliphatic imine (C=N–C) groups is 1. The number of urea groups is 1. The van der Waals surface area contributed by atoms with Gasteiger partial charge in [0.2, 0.25) is 6.34 Å². The summed E-state index contributed by atoms with van der Waals surface area (Å²) >= 11 is 0. The standard InChI is InChI=1S/C20H27N5O3/c1-20(2,3)28-19(27)24-11-7-16(8-12-24)23-18(26)25(4)13-17(22-14-25)15-5-9-21-10-6-15/h5-6,9-10,13-14,16H,7-8,11-12H2,1-4H3/p+1. The second-order valence-electron chi connectivity index (χ2n) is 8.33. The van der Waals surface area contributed by atoms with Crippen molar-refractivity contribution in [3.63, 3.8) is 0 Å². The van der Waals surface area contributed by atoms with Gasteiger partial charge >= 0.3 is 12.1 Å². The van der Waals surface area contributed by atoms with E-state index in [1.807, 2.05) is 39.1 Å². The third-order valence-corrected chi connectivity index (χ3v) is 4.72. The highest BCUT2D eigenvalue weighted by atomic mass is 16.6. The Hall–Kier alpha value is -2.74. The van der Waals surface area contributed by atoms with Gasteiger partial charge in [-0.15, -0.1) is 0 Å². The van der Waals surface area contributed by atoms with Crippen molar-refractivity contribution in [2.75, 3.05) is 20.1 Å². The summed E-state index contributed by atoms with van der Waals surface area (Å²) in [6.45, 7) is 6.69. The average Bonchev–Trinajstić information content (AvgIpc) is 3.05. The molecule has 1 aromatic heterocycles. The second kappa shape index (κ2) is 7.71. The maximum Gasteiger partial charge on any atom is 0.427 e. The lowest BCUT2D eigenvalue weighted by Gasteiger charge is -2.34. The van der Waals surface area contributed by atoms with Gasteiger partial charge in [-0.05, 0) is 45.7 Å². The van der Waals surface area contributed by atoms with Crippen LogP contribution in [-0.4, -0.2) is 64.6 Å². The van der Waals surface area contributed by atoms with Crippen LogP contribution in [0.2, 0.25) is 0 Å². The van der Waals surface area contributed by atoms with E-state index in [0.717, 1.165) is 11.3 Å². The smallest absolute Gasteiger partial charge is 0.427 e. The third kappa shape index (κ3) is 4.75. The molecule has 1 atom stereocenters. The minimum absolute atomic E-state index is 0.0212. The van der Waals surface area contributed by atoms with Crippen LogP contribution in [0.25, 0.3) is 5.70 Å². The van der Waals surface area contributed by atoms with Crippen molar-refractivity contribution >= 4 is 24.2 Å². The van der Waals surface area contributed by atoms with E-state index >= 15 is 0 Å². The topological polar surface area (TPSA) is 83.9 Å². The quantitative estimate of drug-likeness (QED) is 0.792. The first-order valence-electron chi connectivity index (χ1n) is 9.50. The van der Waals surface area contributed by atoms with Crippen LogP contribution in [0.15, 0.2) is 35.7 Å². The van der Waals surface area contributed by atoms with Gasteiger partial charge in [0.25, 0.3) is 0 Å². The molecular weight excluding hydrogens is 358 g/mol. The number of carbonyl (C=O) groups is 2. The number of pyridine rings is 1. The molecule has 1 unspecified atom stereocenters. The fourth-order valence-electron chi connectivity index (χ4n) is 3.13. The minimum Gasteiger partial charge on any atom is -0.444 e. The second-order valence-corrected chi connectivity index (χ2v) is 8.33. The Morgan fingerprint density at radius 3 is 2.46 bits per heavy atom. The number of hydrogen-bond acceptors (Lipinski definition) is 5. The lowest BCUT2D eigenvalue weighted by molar-refractivity contribution is -0.665. The summed E-state index contributed by atoms with van der Waals surface area (Å²) in [7, 11) is 1.79. The normalized spacial score (nSPS) is 22.7. The molecule has 2 aliphatic heterocycles. The van der Waals surface area contributed by atoms with E-state index in [9.17, 15) is 9.59 Å². The SMILES string of the molecule is CC(C)(C)OC(=O)N1CCC(NC(=O)[N+]2(C)C=NC(c3ccncc3)=C2)CC1. The molecule has 8 nitrogen and oxygen atoms in total. The van der Waals surface area contributed by atoms with Gasteiger partial charge in [0.15, 0.2) is 0 Å². The highest BCUT2D eigenvalue weighted by molar-refractivity contribution is 5.84. The summed E-state index contributed by atoms with van der Waals surface area (Å²) in [6.07, 6.45) is 7.95. The van der Waals surface area contributed by atoms with Crippen LogP contribution in [0.3, 0.4) is 0 Å². The molecule has 0 spiro atoms. The number of ether oxygens (including phenoxy) is 1. The van der Waals surface area contributed by atoms with Crippen LogP contribution in [0.1, 0.15) is 39.2 Å². The largest absolute Gasteiger partial charge is 0.444 e. The van der Waals surface area contributed by atoms with Crippen molar-refractivity contribution in [1.29, 1.82) is 0 Å². The average molecular weight is 386 g/mol. The lowest BCUT2D eigenvalue weighted by atomic mass is 10.1. The fraction of sp³-hybridized carbons (Fsp3) is 0.500. The van der Waals surface area contributed by atoms with Crippen molar-refractivity contribution in [2.45, 2.75) is 45.3 Å². The molecule has 1 saturated heterocycles. The molecule has 3 rings (SSSR count). The zero-order valence-electron chi connectivity index (χ0n) is 16.9. The first kappa shape index (κ1) is 20.0. The van der Waals surface area contributed by atoms with Gasteiger partial charge in [0.1, 0.15) is 17.5 Å². The molecule has 3 amide bonds. The van der Waals surface area contributed by atoms with Crippen molar-refractivity contribution in [3.05, 3.63) is 36.3 Å². The van der Waals surface area contributed by atoms with Gasteiger partial charge in [0, 0.05) is 37.1 Å². The first-order valence-corrected chi connectivity index (χ1v) is 9.50. The Morgan fingerprint density at radius 2 is 1.86 bits per heavy atom. The van der Waals surface area contributed by atoms with Crippen molar-refractivity contribution in [3.8, 4) is 0 Å². The summed E-state index contributed by atoms with van der Waals surface area (Å²) in [5.41, 5.74) is 1.17. The van der Waals surface area contributed by atoms with Crippen molar-refractivity contribution in [1.82, 2.24) is 15.2 Å². The number of nitrogens with zero attached hydrogens (tertiary/aromatic N) is 4. The van der Waals surface area contributed by atoms with E-state index < -0.39 is 5.60 Å². The summed E-state index contributed by atoms with van der Waals surface area (Å²) in [5, 5.41) is 3.09. The van der Waals surface area contributed by atoms with Crippen LogP contribution >= 0.6 is 0 Å². The van der Waals surface area contributed by atoms with Crippen LogP contribution in [0.4, 0.5) is 9.59 Å². The van der Waals surface area contributed by atoms with E-state index in [0.29, 0.717) is 25.9 Å². The monoisotopic (exact) mass is 386 g/mol. The number of hydrogen-bond donors (Lipinski definition) is 1. The van der Waals surface area contributed by atoms with Gasteiger partial charge in [-0.1, -0.05) is 0 Å². The summed E-state index contributed by atoms with van der Waals surface area (Å²) in [6, 6.07) is 3.61.